The zero-order valence-electron chi connectivity index (χ0n) is 10.3. The summed E-state index contributed by atoms with van der Waals surface area (Å²) in [5.41, 5.74) is 0. The Labute approximate surface area is 111 Å². The SMILES string of the molecule is CCN(CC)CC(C)NCc1sccc1Br. The molecule has 0 amide bonds. The van der Waals surface area contributed by atoms with Crippen molar-refractivity contribution in [1.82, 2.24) is 10.2 Å². The third kappa shape index (κ3) is 4.53. The van der Waals surface area contributed by atoms with Crippen LogP contribution in [0, 0.1) is 0 Å². The van der Waals surface area contributed by atoms with Gasteiger partial charge in [-0.05, 0) is 47.4 Å². The van der Waals surface area contributed by atoms with E-state index in [1.54, 1.807) is 11.3 Å². The van der Waals surface area contributed by atoms with Gasteiger partial charge in [-0.25, -0.2) is 0 Å². The first-order chi connectivity index (χ1) is 7.67. The van der Waals surface area contributed by atoms with Gasteiger partial charge in [0, 0.05) is 28.5 Å². The fourth-order valence-corrected chi connectivity index (χ4v) is 3.10. The van der Waals surface area contributed by atoms with Crippen LogP contribution in [0.3, 0.4) is 0 Å². The van der Waals surface area contributed by atoms with Crippen molar-refractivity contribution in [3.63, 3.8) is 0 Å². The number of hydrogen-bond donors (Lipinski definition) is 1. The molecular weight excluding hydrogens is 284 g/mol. The Morgan fingerprint density at radius 3 is 2.62 bits per heavy atom. The molecule has 1 N–H and O–H groups in total. The molecule has 1 aromatic rings. The predicted octanol–water partition coefficient (Wildman–Crippen LogP) is 3.33. The number of thiophene rings is 1. The highest BCUT2D eigenvalue weighted by atomic mass is 79.9. The fraction of sp³-hybridized carbons (Fsp3) is 0.667. The molecule has 0 radical (unpaired) electrons. The normalized spacial score (nSPS) is 13.3. The summed E-state index contributed by atoms with van der Waals surface area (Å²) in [6, 6.07) is 2.64. The summed E-state index contributed by atoms with van der Waals surface area (Å²) in [5, 5.41) is 5.68. The number of hydrogen-bond acceptors (Lipinski definition) is 3. The summed E-state index contributed by atoms with van der Waals surface area (Å²) >= 11 is 5.35. The van der Waals surface area contributed by atoms with Gasteiger partial charge in [-0.1, -0.05) is 13.8 Å². The van der Waals surface area contributed by atoms with Crippen LogP contribution in [0.4, 0.5) is 0 Å². The Morgan fingerprint density at radius 1 is 1.44 bits per heavy atom. The third-order valence-corrected chi connectivity index (χ3v) is 4.65. The lowest BCUT2D eigenvalue weighted by Gasteiger charge is -2.23. The van der Waals surface area contributed by atoms with Gasteiger partial charge in [0.2, 0.25) is 0 Å². The summed E-state index contributed by atoms with van der Waals surface area (Å²) in [7, 11) is 0. The third-order valence-electron chi connectivity index (χ3n) is 2.73. The van der Waals surface area contributed by atoms with Crippen LogP contribution in [-0.4, -0.2) is 30.6 Å². The van der Waals surface area contributed by atoms with E-state index in [1.807, 2.05) is 0 Å². The van der Waals surface area contributed by atoms with Crippen LogP contribution in [0.15, 0.2) is 15.9 Å². The minimum atomic E-state index is 0.536. The smallest absolute Gasteiger partial charge is 0.0327 e. The van der Waals surface area contributed by atoms with E-state index in [1.165, 1.54) is 9.35 Å². The van der Waals surface area contributed by atoms with Crippen molar-refractivity contribution < 1.29 is 0 Å². The number of rotatable bonds is 7. The van der Waals surface area contributed by atoms with Crippen molar-refractivity contribution in [2.45, 2.75) is 33.4 Å². The molecular formula is C12H21BrN2S. The highest BCUT2D eigenvalue weighted by Gasteiger charge is 2.08. The van der Waals surface area contributed by atoms with Crippen LogP contribution in [0.1, 0.15) is 25.6 Å². The lowest BCUT2D eigenvalue weighted by Crippen LogP contribution is -2.38. The summed E-state index contributed by atoms with van der Waals surface area (Å²) in [4.78, 5) is 3.83. The second-order valence-corrected chi connectivity index (χ2v) is 5.81. The monoisotopic (exact) mass is 304 g/mol. The number of likely N-dealkylation sites (N-methyl/N-ethyl adjacent to an activating group) is 1. The molecule has 1 unspecified atom stereocenters. The van der Waals surface area contributed by atoms with Crippen molar-refractivity contribution in [1.29, 1.82) is 0 Å². The van der Waals surface area contributed by atoms with E-state index in [2.05, 4.69) is 58.4 Å². The van der Waals surface area contributed by atoms with E-state index in [4.69, 9.17) is 0 Å². The van der Waals surface area contributed by atoms with Gasteiger partial charge in [0.1, 0.15) is 0 Å². The van der Waals surface area contributed by atoms with E-state index < -0.39 is 0 Å². The lowest BCUT2D eigenvalue weighted by molar-refractivity contribution is 0.271. The minimum absolute atomic E-state index is 0.536. The quantitative estimate of drug-likeness (QED) is 0.831. The molecule has 0 saturated carbocycles. The second kappa shape index (κ2) is 7.43. The molecule has 0 aliphatic heterocycles. The van der Waals surface area contributed by atoms with Gasteiger partial charge in [-0.15, -0.1) is 11.3 Å². The van der Waals surface area contributed by atoms with Crippen LogP contribution in [0.5, 0.6) is 0 Å². The Kier molecular flexibility index (Phi) is 6.58. The first-order valence-electron chi connectivity index (χ1n) is 5.85. The average Bonchev–Trinajstić information content (AvgIpc) is 2.69. The molecule has 0 aromatic carbocycles. The number of nitrogens with one attached hydrogen (secondary N) is 1. The molecule has 0 saturated heterocycles. The average molecular weight is 305 g/mol. The van der Waals surface area contributed by atoms with Gasteiger partial charge in [-0.3, -0.25) is 0 Å². The maximum Gasteiger partial charge on any atom is 0.0327 e. The Hall–Kier alpha value is 0.100. The van der Waals surface area contributed by atoms with Gasteiger partial charge in [0.15, 0.2) is 0 Å². The highest BCUT2D eigenvalue weighted by Crippen LogP contribution is 2.22. The molecule has 16 heavy (non-hydrogen) atoms. The van der Waals surface area contributed by atoms with Gasteiger partial charge in [0.05, 0.1) is 0 Å². The van der Waals surface area contributed by atoms with E-state index in [0.29, 0.717) is 6.04 Å². The molecule has 1 rings (SSSR count). The highest BCUT2D eigenvalue weighted by molar-refractivity contribution is 9.10. The van der Waals surface area contributed by atoms with E-state index in [9.17, 15) is 0 Å². The van der Waals surface area contributed by atoms with Crippen LogP contribution < -0.4 is 5.32 Å². The van der Waals surface area contributed by atoms with Crippen LogP contribution in [-0.2, 0) is 6.54 Å². The Bertz CT molecular complexity index is 297. The Balaban J connectivity index is 2.30. The summed E-state index contributed by atoms with van der Waals surface area (Å²) in [6.45, 7) is 11.0. The number of nitrogens with zero attached hydrogens (tertiary/aromatic N) is 1. The van der Waals surface area contributed by atoms with Gasteiger partial charge < -0.3 is 10.2 Å². The molecule has 2 nitrogen and oxygen atoms in total. The molecule has 92 valence electrons. The summed E-state index contributed by atoms with van der Waals surface area (Å²) < 4.78 is 1.22. The van der Waals surface area contributed by atoms with Crippen molar-refractivity contribution in [2.75, 3.05) is 19.6 Å². The molecule has 1 aromatic heterocycles. The van der Waals surface area contributed by atoms with E-state index in [0.717, 1.165) is 26.2 Å². The molecule has 0 aliphatic rings. The number of halogens is 1. The van der Waals surface area contributed by atoms with Gasteiger partial charge in [-0.2, -0.15) is 0 Å². The molecule has 1 heterocycles. The second-order valence-electron chi connectivity index (χ2n) is 3.96. The van der Waals surface area contributed by atoms with Gasteiger partial charge >= 0.3 is 0 Å². The van der Waals surface area contributed by atoms with Crippen LogP contribution >= 0.6 is 27.3 Å². The van der Waals surface area contributed by atoms with Gasteiger partial charge in [0.25, 0.3) is 0 Å². The van der Waals surface area contributed by atoms with Crippen molar-refractivity contribution in [3.8, 4) is 0 Å². The summed E-state index contributed by atoms with van der Waals surface area (Å²) in [6.07, 6.45) is 0. The van der Waals surface area contributed by atoms with Crippen molar-refractivity contribution >= 4 is 27.3 Å². The maximum absolute atomic E-state index is 3.56. The molecule has 0 spiro atoms. The first kappa shape index (κ1) is 14.2. The van der Waals surface area contributed by atoms with E-state index in [-0.39, 0.29) is 0 Å². The van der Waals surface area contributed by atoms with Crippen molar-refractivity contribution in [2.24, 2.45) is 0 Å². The van der Waals surface area contributed by atoms with E-state index >= 15 is 0 Å². The molecule has 0 aliphatic carbocycles. The van der Waals surface area contributed by atoms with Crippen LogP contribution in [0.25, 0.3) is 0 Å². The summed E-state index contributed by atoms with van der Waals surface area (Å²) in [5.74, 6) is 0. The van der Waals surface area contributed by atoms with Crippen LogP contribution in [0.2, 0.25) is 0 Å². The minimum Gasteiger partial charge on any atom is -0.308 e. The van der Waals surface area contributed by atoms with Crippen molar-refractivity contribution in [3.05, 3.63) is 20.8 Å². The standard InChI is InChI=1S/C12H21BrN2S/c1-4-15(5-2)9-10(3)14-8-12-11(13)6-7-16-12/h6-7,10,14H,4-5,8-9H2,1-3H3. The molecule has 4 heteroatoms. The molecule has 0 bridgehead atoms. The Morgan fingerprint density at radius 2 is 2.12 bits per heavy atom. The fourth-order valence-electron chi connectivity index (χ4n) is 1.65. The largest absolute Gasteiger partial charge is 0.308 e. The first-order valence-corrected chi connectivity index (χ1v) is 7.52. The topological polar surface area (TPSA) is 15.3 Å². The zero-order chi connectivity index (χ0) is 12.0. The zero-order valence-corrected chi connectivity index (χ0v) is 12.7. The molecule has 0 fully saturated rings. The predicted molar refractivity (Wildman–Crippen MR) is 76.1 cm³/mol. The maximum atomic E-state index is 3.56. The molecule has 1 atom stereocenters. The lowest BCUT2D eigenvalue weighted by atomic mass is 10.3.